The van der Waals surface area contributed by atoms with Crippen LogP contribution in [0.5, 0.6) is 0 Å². The van der Waals surface area contributed by atoms with Crippen molar-refractivity contribution in [3.63, 3.8) is 0 Å². The molecule has 2 aromatic rings. The van der Waals surface area contributed by atoms with Gasteiger partial charge in [0, 0.05) is 19.3 Å². The zero-order valence-corrected chi connectivity index (χ0v) is 14.4. The molecule has 114 valence electrons. The minimum Gasteiger partial charge on any atom is -0.382 e. The molecule has 1 aliphatic heterocycles. The Hall–Kier alpha value is -0.900. The van der Waals surface area contributed by atoms with Crippen LogP contribution >= 0.6 is 27.3 Å². The highest BCUT2D eigenvalue weighted by Gasteiger charge is 2.31. The van der Waals surface area contributed by atoms with E-state index in [0.29, 0.717) is 23.1 Å². The van der Waals surface area contributed by atoms with Gasteiger partial charge in [0.2, 0.25) is 0 Å². The highest BCUT2D eigenvalue weighted by atomic mass is 79.9. The van der Waals surface area contributed by atoms with E-state index in [-0.39, 0.29) is 6.04 Å². The van der Waals surface area contributed by atoms with E-state index in [9.17, 15) is 8.42 Å². The van der Waals surface area contributed by atoms with Gasteiger partial charge in [-0.2, -0.15) is 9.40 Å². The van der Waals surface area contributed by atoms with Gasteiger partial charge in [-0.15, -0.1) is 11.3 Å². The van der Waals surface area contributed by atoms with Crippen LogP contribution in [0.25, 0.3) is 0 Å². The lowest BCUT2D eigenvalue weighted by atomic mass is 10.1. The van der Waals surface area contributed by atoms with Crippen molar-refractivity contribution in [1.82, 2.24) is 14.1 Å². The van der Waals surface area contributed by atoms with Crippen LogP contribution in [-0.4, -0.2) is 35.6 Å². The summed E-state index contributed by atoms with van der Waals surface area (Å²) in [6.45, 7) is 1.00. The molecule has 1 fully saturated rings. The minimum absolute atomic E-state index is 0.212. The fourth-order valence-electron chi connectivity index (χ4n) is 2.47. The first-order valence-corrected chi connectivity index (χ1v) is 9.58. The van der Waals surface area contributed by atoms with Crippen molar-refractivity contribution in [2.75, 3.05) is 18.8 Å². The molecular formula is C12H15BrN4O2S2. The van der Waals surface area contributed by atoms with Gasteiger partial charge in [0.15, 0.2) is 0 Å². The molecule has 0 aliphatic carbocycles. The van der Waals surface area contributed by atoms with E-state index in [1.165, 1.54) is 11.3 Å². The third-order valence-corrected chi connectivity index (χ3v) is 7.56. The van der Waals surface area contributed by atoms with Crippen molar-refractivity contribution in [2.45, 2.75) is 23.1 Å². The summed E-state index contributed by atoms with van der Waals surface area (Å²) in [6, 6.07) is 5.37. The molecule has 6 nitrogen and oxygen atoms in total. The van der Waals surface area contributed by atoms with E-state index in [1.807, 2.05) is 10.9 Å². The van der Waals surface area contributed by atoms with Gasteiger partial charge in [0.25, 0.3) is 10.0 Å². The fourth-order valence-corrected chi connectivity index (χ4v) is 6.10. The largest absolute Gasteiger partial charge is 0.382 e. The number of thiophene rings is 1. The topological polar surface area (TPSA) is 81.2 Å². The maximum Gasteiger partial charge on any atom is 0.252 e. The molecule has 1 saturated heterocycles. The van der Waals surface area contributed by atoms with Gasteiger partial charge in [-0.1, -0.05) is 0 Å². The number of rotatable bonds is 3. The van der Waals surface area contributed by atoms with Gasteiger partial charge in [-0.25, -0.2) is 8.42 Å². The molecule has 0 saturated carbocycles. The number of aromatic nitrogens is 2. The Labute approximate surface area is 135 Å². The Bertz CT molecular complexity index is 732. The summed E-state index contributed by atoms with van der Waals surface area (Å²) in [6.07, 6.45) is 3.33. The van der Waals surface area contributed by atoms with Crippen LogP contribution in [0, 0.1) is 0 Å². The SMILES string of the molecule is Nc1ccn(C2CCN(S(=O)(=O)c3ccc(Br)s3)CC2)n1. The molecule has 9 heteroatoms. The number of nitrogens with two attached hydrogens (primary N) is 1. The number of nitrogens with zero attached hydrogens (tertiary/aromatic N) is 3. The summed E-state index contributed by atoms with van der Waals surface area (Å²) >= 11 is 4.54. The zero-order chi connectivity index (χ0) is 15.0. The molecule has 0 amide bonds. The van der Waals surface area contributed by atoms with Crippen LogP contribution in [0.4, 0.5) is 5.82 Å². The molecule has 0 bridgehead atoms. The monoisotopic (exact) mass is 390 g/mol. The van der Waals surface area contributed by atoms with Gasteiger partial charge in [0.1, 0.15) is 10.0 Å². The summed E-state index contributed by atoms with van der Waals surface area (Å²) in [4.78, 5) is 0. The minimum atomic E-state index is -3.37. The van der Waals surface area contributed by atoms with E-state index < -0.39 is 10.0 Å². The number of anilines is 1. The Balaban J connectivity index is 1.71. The van der Waals surface area contributed by atoms with Gasteiger partial charge in [0.05, 0.1) is 9.83 Å². The van der Waals surface area contributed by atoms with Crippen LogP contribution in [0.1, 0.15) is 18.9 Å². The molecule has 0 unspecified atom stereocenters. The molecule has 3 heterocycles. The van der Waals surface area contributed by atoms with Gasteiger partial charge >= 0.3 is 0 Å². The van der Waals surface area contributed by atoms with Crippen LogP contribution in [0.15, 0.2) is 32.4 Å². The Morgan fingerprint density at radius 3 is 2.52 bits per heavy atom. The first-order chi connectivity index (χ1) is 9.96. The average molecular weight is 391 g/mol. The Morgan fingerprint density at radius 2 is 2.00 bits per heavy atom. The van der Waals surface area contributed by atoms with Crippen LogP contribution in [-0.2, 0) is 10.0 Å². The van der Waals surface area contributed by atoms with Gasteiger partial charge in [-0.3, -0.25) is 4.68 Å². The molecule has 2 N–H and O–H groups in total. The van der Waals surface area contributed by atoms with E-state index in [0.717, 1.165) is 16.6 Å². The second-order valence-electron chi connectivity index (χ2n) is 4.91. The third-order valence-electron chi connectivity index (χ3n) is 3.57. The molecule has 0 radical (unpaired) electrons. The first-order valence-electron chi connectivity index (χ1n) is 6.53. The van der Waals surface area contributed by atoms with E-state index in [4.69, 9.17) is 5.73 Å². The normalized spacial score (nSPS) is 18.1. The fraction of sp³-hybridized carbons (Fsp3) is 0.417. The zero-order valence-electron chi connectivity index (χ0n) is 11.1. The van der Waals surface area contributed by atoms with Crippen molar-refractivity contribution in [1.29, 1.82) is 0 Å². The molecule has 1 aliphatic rings. The van der Waals surface area contributed by atoms with Crippen molar-refractivity contribution in [3.05, 3.63) is 28.2 Å². The smallest absolute Gasteiger partial charge is 0.252 e. The Kier molecular flexibility index (Phi) is 4.08. The van der Waals surface area contributed by atoms with Crippen molar-refractivity contribution in [3.8, 4) is 0 Å². The lowest BCUT2D eigenvalue weighted by Gasteiger charge is -2.30. The molecule has 0 aromatic carbocycles. The number of piperidine rings is 1. The van der Waals surface area contributed by atoms with Crippen LogP contribution < -0.4 is 5.73 Å². The maximum absolute atomic E-state index is 12.5. The second kappa shape index (κ2) is 5.71. The summed E-state index contributed by atoms with van der Waals surface area (Å²) < 4.78 is 29.6. The number of sulfonamides is 1. The van der Waals surface area contributed by atoms with E-state index in [1.54, 1.807) is 22.5 Å². The quantitative estimate of drug-likeness (QED) is 0.871. The predicted molar refractivity (Wildman–Crippen MR) is 85.7 cm³/mol. The van der Waals surface area contributed by atoms with Crippen molar-refractivity contribution < 1.29 is 8.42 Å². The predicted octanol–water partition coefficient (Wildman–Crippen LogP) is 2.32. The first kappa shape index (κ1) is 15.0. The Morgan fingerprint density at radius 1 is 1.29 bits per heavy atom. The van der Waals surface area contributed by atoms with Gasteiger partial charge < -0.3 is 5.73 Å². The summed E-state index contributed by atoms with van der Waals surface area (Å²) in [7, 11) is -3.37. The van der Waals surface area contributed by atoms with Crippen molar-refractivity contribution in [2.24, 2.45) is 0 Å². The van der Waals surface area contributed by atoms with Crippen molar-refractivity contribution >= 4 is 43.1 Å². The standard InChI is InChI=1S/C12H15BrN4O2S2/c13-10-1-2-12(20-10)21(18,19)16-6-3-9(4-7-16)17-8-5-11(14)15-17/h1-2,5,8-9H,3-4,6-7H2,(H2,14,15). The second-order valence-corrected chi connectivity index (χ2v) is 9.54. The number of halogens is 1. The van der Waals surface area contributed by atoms with E-state index >= 15 is 0 Å². The number of hydrogen-bond acceptors (Lipinski definition) is 5. The summed E-state index contributed by atoms with van der Waals surface area (Å²) in [5.41, 5.74) is 5.62. The van der Waals surface area contributed by atoms with Gasteiger partial charge in [-0.05, 0) is 47.0 Å². The lowest BCUT2D eigenvalue weighted by Crippen LogP contribution is -2.38. The van der Waals surface area contributed by atoms with Crippen LogP contribution in [0.2, 0.25) is 0 Å². The molecule has 0 spiro atoms. The molecule has 0 atom stereocenters. The maximum atomic E-state index is 12.5. The molecule has 3 rings (SSSR count). The van der Waals surface area contributed by atoms with E-state index in [2.05, 4.69) is 21.0 Å². The average Bonchev–Trinajstić information content (AvgIpc) is 3.08. The lowest BCUT2D eigenvalue weighted by molar-refractivity contribution is 0.262. The highest BCUT2D eigenvalue weighted by molar-refractivity contribution is 9.11. The third kappa shape index (κ3) is 3.01. The number of hydrogen-bond donors (Lipinski definition) is 1. The summed E-state index contributed by atoms with van der Waals surface area (Å²) in [5.74, 6) is 0.494. The van der Waals surface area contributed by atoms with Crippen LogP contribution in [0.3, 0.4) is 0 Å². The number of nitrogen functional groups attached to an aromatic ring is 1. The molecular weight excluding hydrogens is 376 g/mol. The highest BCUT2D eigenvalue weighted by Crippen LogP contribution is 2.31. The molecule has 21 heavy (non-hydrogen) atoms. The summed E-state index contributed by atoms with van der Waals surface area (Å²) in [5, 5.41) is 4.21. The molecule has 2 aromatic heterocycles.